The van der Waals surface area contributed by atoms with Gasteiger partial charge in [-0.05, 0) is 39.5 Å². The van der Waals surface area contributed by atoms with Gasteiger partial charge >= 0.3 is 12.1 Å². The smallest absolute Gasteiger partial charge is 0.397 e. The van der Waals surface area contributed by atoms with E-state index >= 15 is 0 Å². The van der Waals surface area contributed by atoms with E-state index in [1.807, 2.05) is 0 Å². The summed E-state index contributed by atoms with van der Waals surface area (Å²) in [5.41, 5.74) is -0.699. The summed E-state index contributed by atoms with van der Waals surface area (Å²) in [6.45, 7) is 5.51. The Morgan fingerprint density at radius 1 is 1.17 bits per heavy atom. The van der Waals surface area contributed by atoms with Crippen LogP contribution in [-0.2, 0) is 14.3 Å². The number of ether oxygens (including phenoxy) is 1. The van der Waals surface area contributed by atoms with Crippen molar-refractivity contribution >= 4 is 11.9 Å². The number of alkyl halides is 3. The number of carbonyl (C=O) groups is 2. The molecule has 3 rings (SSSR count). The first-order valence-electron chi connectivity index (χ1n) is 8.29. The van der Waals surface area contributed by atoms with Gasteiger partial charge in [0.2, 0.25) is 5.91 Å². The van der Waals surface area contributed by atoms with Gasteiger partial charge in [0, 0.05) is 18.6 Å². The van der Waals surface area contributed by atoms with Crippen molar-refractivity contribution in [3.8, 4) is 0 Å². The van der Waals surface area contributed by atoms with Crippen molar-refractivity contribution in [3.63, 3.8) is 0 Å². The molecule has 1 N–H and O–H groups in total. The molecule has 5 atom stereocenters. The SMILES string of the molecule is CC(C)(C)C(=O)O[C@@H]1[C@@H]2[C@H]3C[C@H](C[C@@H]1N3)CN2C(=O)CC(F)(F)F. The summed E-state index contributed by atoms with van der Waals surface area (Å²) in [5, 5.41) is 3.32. The molecule has 24 heavy (non-hydrogen) atoms. The predicted molar refractivity (Wildman–Crippen MR) is 78.9 cm³/mol. The number of fused-ring (bicyclic) bond motifs is 2. The number of piperidine rings is 2. The molecule has 3 heterocycles. The molecule has 3 fully saturated rings. The van der Waals surface area contributed by atoms with Crippen molar-refractivity contribution in [1.29, 1.82) is 0 Å². The number of nitrogens with zero attached hydrogens (tertiary/aromatic N) is 1. The van der Waals surface area contributed by atoms with Crippen LogP contribution >= 0.6 is 0 Å². The summed E-state index contributed by atoms with van der Waals surface area (Å²) in [6.07, 6.45) is -5.05. The standard InChI is InChI=1S/C16H23F3N2O3/c1-15(2,3)14(23)24-13-10-5-8-4-9(20-10)12(13)21(7-8)11(22)6-16(17,18)19/h8-10,12-13,20H,4-7H2,1-3H3/t8-,9-,10+,12+,13+/m1/s1. The van der Waals surface area contributed by atoms with Crippen LogP contribution in [0.15, 0.2) is 0 Å². The molecule has 136 valence electrons. The number of amides is 1. The van der Waals surface area contributed by atoms with Gasteiger partial charge in [-0.2, -0.15) is 13.2 Å². The van der Waals surface area contributed by atoms with E-state index in [4.69, 9.17) is 4.74 Å². The molecule has 3 saturated heterocycles. The van der Waals surface area contributed by atoms with Gasteiger partial charge in [-0.15, -0.1) is 0 Å². The molecule has 3 aliphatic heterocycles. The number of rotatable bonds is 2. The van der Waals surface area contributed by atoms with E-state index in [0.29, 0.717) is 13.0 Å². The van der Waals surface area contributed by atoms with Crippen LogP contribution in [0.1, 0.15) is 40.0 Å². The number of nitrogens with one attached hydrogen (secondary N) is 1. The number of likely N-dealkylation sites (tertiary alicyclic amines) is 1. The normalized spacial score (nSPS) is 35.2. The second kappa shape index (κ2) is 5.61. The molecule has 0 radical (unpaired) electrons. The van der Waals surface area contributed by atoms with Crippen molar-refractivity contribution in [2.24, 2.45) is 11.3 Å². The van der Waals surface area contributed by atoms with E-state index in [1.165, 1.54) is 4.90 Å². The van der Waals surface area contributed by atoms with E-state index in [-0.39, 0.29) is 18.0 Å². The minimum atomic E-state index is -4.53. The van der Waals surface area contributed by atoms with Crippen LogP contribution in [0.4, 0.5) is 13.2 Å². The molecule has 0 aromatic rings. The van der Waals surface area contributed by atoms with Crippen molar-refractivity contribution < 1.29 is 27.5 Å². The second-order valence-electron chi connectivity index (χ2n) is 8.17. The molecule has 3 bridgehead atoms. The lowest BCUT2D eigenvalue weighted by atomic mass is 9.88. The predicted octanol–water partition coefficient (Wildman–Crippen LogP) is 1.86. The third-order valence-corrected chi connectivity index (χ3v) is 5.09. The molecule has 0 spiro atoms. The Hall–Kier alpha value is -1.31. The highest BCUT2D eigenvalue weighted by atomic mass is 19.4. The monoisotopic (exact) mass is 348 g/mol. The third-order valence-electron chi connectivity index (χ3n) is 5.09. The van der Waals surface area contributed by atoms with E-state index < -0.39 is 42.0 Å². The highest BCUT2D eigenvalue weighted by molar-refractivity contribution is 5.78. The molecule has 0 unspecified atom stereocenters. The Morgan fingerprint density at radius 2 is 1.79 bits per heavy atom. The van der Waals surface area contributed by atoms with Crippen LogP contribution in [0.2, 0.25) is 0 Å². The van der Waals surface area contributed by atoms with E-state index in [9.17, 15) is 22.8 Å². The summed E-state index contributed by atoms with van der Waals surface area (Å²) < 4.78 is 43.5. The van der Waals surface area contributed by atoms with Gasteiger partial charge < -0.3 is 15.0 Å². The molecule has 0 aromatic heterocycles. The minimum absolute atomic E-state index is 0.0891. The Morgan fingerprint density at radius 3 is 2.38 bits per heavy atom. The summed E-state index contributed by atoms with van der Waals surface area (Å²) >= 11 is 0. The Kier molecular flexibility index (Phi) is 4.09. The number of esters is 1. The molecule has 5 nitrogen and oxygen atoms in total. The number of hydrogen-bond donors (Lipinski definition) is 1. The Balaban J connectivity index is 1.81. The highest BCUT2D eigenvalue weighted by Crippen LogP contribution is 2.42. The lowest BCUT2D eigenvalue weighted by Crippen LogP contribution is -2.58. The molecule has 0 aliphatic carbocycles. The van der Waals surface area contributed by atoms with Crippen LogP contribution in [-0.4, -0.2) is 53.7 Å². The lowest BCUT2D eigenvalue weighted by Gasteiger charge is -2.42. The van der Waals surface area contributed by atoms with Gasteiger partial charge in [0.25, 0.3) is 0 Å². The van der Waals surface area contributed by atoms with Crippen molar-refractivity contribution in [3.05, 3.63) is 0 Å². The van der Waals surface area contributed by atoms with Gasteiger partial charge in [-0.3, -0.25) is 9.59 Å². The molecule has 0 saturated carbocycles. The minimum Gasteiger partial charge on any atom is -0.458 e. The zero-order valence-electron chi connectivity index (χ0n) is 14.0. The zero-order valence-corrected chi connectivity index (χ0v) is 14.0. The largest absolute Gasteiger partial charge is 0.458 e. The van der Waals surface area contributed by atoms with Crippen LogP contribution in [0.25, 0.3) is 0 Å². The number of hydrogen-bond acceptors (Lipinski definition) is 4. The summed E-state index contributed by atoms with van der Waals surface area (Å²) in [4.78, 5) is 25.7. The van der Waals surface area contributed by atoms with E-state index in [2.05, 4.69) is 5.32 Å². The van der Waals surface area contributed by atoms with E-state index in [0.717, 1.165) is 6.42 Å². The maximum Gasteiger partial charge on any atom is 0.397 e. The number of carbonyl (C=O) groups excluding carboxylic acids is 2. The first kappa shape index (κ1) is 17.5. The van der Waals surface area contributed by atoms with Crippen LogP contribution < -0.4 is 5.32 Å². The van der Waals surface area contributed by atoms with Gasteiger partial charge in [0.05, 0.1) is 11.5 Å². The first-order valence-corrected chi connectivity index (χ1v) is 8.29. The quantitative estimate of drug-likeness (QED) is 0.774. The van der Waals surface area contributed by atoms with Crippen LogP contribution in [0, 0.1) is 11.3 Å². The van der Waals surface area contributed by atoms with Crippen LogP contribution in [0.5, 0.6) is 0 Å². The van der Waals surface area contributed by atoms with E-state index in [1.54, 1.807) is 20.8 Å². The van der Waals surface area contributed by atoms with Gasteiger partial charge in [-0.25, -0.2) is 0 Å². The summed E-state index contributed by atoms with van der Waals surface area (Å²) in [5.74, 6) is -1.16. The van der Waals surface area contributed by atoms with Gasteiger partial charge in [0.15, 0.2) is 0 Å². The fourth-order valence-electron chi connectivity index (χ4n) is 4.10. The van der Waals surface area contributed by atoms with Crippen molar-refractivity contribution in [2.75, 3.05) is 6.54 Å². The fraction of sp³-hybridized carbons (Fsp3) is 0.875. The fourth-order valence-corrected chi connectivity index (χ4v) is 4.10. The van der Waals surface area contributed by atoms with Crippen molar-refractivity contribution in [2.45, 2.75) is 70.4 Å². The Labute approximate surface area is 138 Å². The molecule has 8 heteroatoms. The maximum absolute atomic E-state index is 12.6. The maximum atomic E-state index is 12.6. The summed E-state index contributed by atoms with van der Waals surface area (Å²) in [7, 11) is 0. The second-order valence-corrected chi connectivity index (χ2v) is 8.17. The average Bonchev–Trinajstić information content (AvgIpc) is 2.57. The third kappa shape index (κ3) is 3.25. The molecule has 0 aromatic carbocycles. The molecular weight excluding hydrogens is 325 g/mol. The molecule has 3 aliphatic rings. The first-order chi connectivity index (χ1) is 11.0. The number of halogens is 3. The van der Waals surface area contributed by atoms with Gasteiger partial charge in [-0.1, -0.05) is 0 Å². The van der Waals surface area contributed by atoms with Crippen LogP contribution in [0.3, 0.4) is 0 Å². The molecule has 1 amide bonds. The topological polar surface area (TPSA) is 58.6 Å². The average molecular weight is 348 g/mol. The highest BCUT2D eigenvalue weighted by Gasteiger charge is 2.57. The Bertz CT molecular complexity index is 544. The van der Waals surface area contributed by atoms with Gasteiger partial charge in [0.1, 0.15) is 12.5 Å². The lowest BCUT2D eigenvalue weighted by molar-refractivity contribution is -0.171. The molecular formula is C16H23F3N2O3. The van der Waals surface area contributed by atoms with Crippen molar-refractivity contribution in [1.82, 2.24) is 10.2 Å². The summed E-state index contributed by atoms with van der Waals surface area (Å²) in [6, 6.07) is -0.693. The zero-order chi connectivity index (χ0) is 17.9.